The Balaban J connectivity index is 2.02. The average molecular weight is 202 g/mol. The lowest BCUT2D eigenvalue weighted by Crippen LogP contribution is -2.23. The summed E-state index contributed by atoms with van der Waals surface area (Å²) in [7, 11) is 0. The minimum atomic E-state index is 0.183. The van der Waals surface area contributed by atoms with Gasteiger partial charge in [-0.05, 0) is 25.0 Å². The number of nitriles is 1. The highest BCUT2D eigenvalue weighted by molar-refractivity contribution is 5.42. The summed E-state index contributed by atoms with van der Waals surface area (Å²) in [6.45, 7) is 1.30. The van der Waals surface area contributed by atoms with Gasteiger partial charge in [-0.25, -0.2) is 0 Å². The van der Waals surface area contributed by atoms with Crippen LogP contribution in [0.25, 0.3) is 0 Å². The second kappa shape index (κ2) is 3.92. The minimum Gasteiger partial charge on any atom is -0.492 e. The molecule has 0 atom stereocenters. The Morgan fingerprint density at radius 2 is 2.13 bits per heavy atom. The van der Waals surface area contributed by atoms with Crippen molar-refractivity contribution in [3.05, 3.63) is 29.8 Å². The fourth-order valence-electron chi connectivity index (χ4n) is 1.50. The van der Waals surface area contributed by atoms with E-state index in [4.69, 9.17) is 15.7 Å². The van der Waals surface area contributed by atoms with Crippen molar-refractivity contribution in [2.45, 2.75) is 12.8 Å². The van der Waals surface area contributed by atoms with Crippen molar-refractivity contribution >= 4 is 0 Å². The lowest BCUT2D eigenvalue weighted by molar-refractivity contribution is 0.238. The third kappa shape index (κ3) is 2.11. The Hall–Kier alpha value is -1.53. The predicted molar refractivity (Wildman–Crippen MR) is 57.4 cm³/mol. The largest absolute Gasteiger partial charge is 0.492 e. The normalized spacial score (nSPS) is 16.8. The van der Waals surface area contributed by atoms with Crippen LogP contribution in [0.2, 0.25) is 0 Å². The summed E-state index contributed by atoms with van der Waals surface area (Å²) in [6, 6.07) is 9.41. The van der Waals surface area contributed by atoms with Crippen LogP contribution in [0.5, 0.6) is 5.75 Å². The molecule has 78 valence electrons. The van der Waals surface area contributed by atoms with E-state index in [0.29, 0.717) is 24.5 Å². The second-order valence-electron chi connectivity index (χ2n) is 4.10. The Kier molecular flexibility index (Phi) is 2.61. The Morgan fingerprint density at radius 1 is 1.40 bits per heavy atom. The van der Waals surface area contributed by atoms with Crippen molar-refractivity contribution in [3.8, 4) is 11.8 Å². The number of ether oxygens (including phenoxy) is 1. The monoisotopic (exact) mass is 202 g/mol. The summed E-state index contributed by atoms with van der Waals surface area (Å²) >= 11 is 0. The van der Waals surface area contributed by atoms with E-state index < -0.39 is 0 Å². The Labute approximate surface area is 89.5 Å². The van der Waals surface area contributed by atoms with Crippen molar-refractivity contribution in [1.29, 1.82) is 5.26 Å². The number of nitrogens with two attached hydrogens (primary N) is 1. The first-order valence-corrected chi connectivity index (χ1v) is 5.12. The maximum absolute atomic E-state index is 8.87. The van der Waals surface area contributed by atoms with Crippen LogP contribution in [0.1, 0.15) is 18.4 Å². The predicted octanol–water partition coefficient (Wildman–Crippen LogP) is 1.68. The van der Waals surface area contributed by atoms with Crippen LogP contribution in [0.15, 0.2) is 24.3 Å². The molecule has 3 nitrogen and oxygen atoms in total. The molecule has 1 fully saturated rings. The average Bonchev–Trinajstić information content (AvgIpc) is 3.07. The van der Waals surface area contributed by atoms with Crippen molar-refractivity contribution in [1.82, 2.24) is 0 Å². The molecule has 15 heavy (non-hydrogen) atoms. The molecule has 0 aromatic heterocycles. The number of nitrogens with zero attached hydrogens (tertiary/aromatic N) is 1. The molecule has 0 saturated heterocycles. The van der Waals surface area contributed by atoms with Crippen LogP contribution in [0, 0.1) is 16.7 Å². The van der Waals surface area contributed by atoms with Gasteiger partial charge in [-0.2, -0.15) is 5.26 Å². The summed E-state index contributed by atoms with van der Waals surface area (Å²) in [5.74, 6) is 0.666. The molecule has 2 rings (SSSR count). The maximum atomic E-state index is 8.87. The van der Waals surface area contributed by atoms with Gasteiger partial charge in [-0.1, -0.05) is 12.1 Å². The van der Waals surface area contributed by atoms with E-state index >= 15 is 0 Å². The van der Waals surface area contributed by atoms with E-state index in [1.165, 1.54) is 0 Å². The number of hydrogen-bond donors (Lipinski definition) is 1. The SMILES string of the molecule is N#Cc1ccccc1OCC1(CN)CC1. The van der Waals surface area contributed by atoms with Crippen LogP contribution in [-0.2, 0) is 0 Å². The number of hydrogen-bond acceptors (Lipinski definition) is 3. The van der Waals surface area contributed by atoms with E-state index in [-0.39, 0.29) is 5.41 Å². The lowest BCUT2D eigenvalue weighted by Gasteiger charge is -2.14. The summed E-state index contributed by atoms with van der Waals surface area (Å²) < 4.78 is 5.64. The molecule has 1 aromatic rings. The first kappa shape index (κ1) is 10.0. The molecular weight excluding hydrogens is 188 g/mol. The molecule has 0 spiro atoms. The first-order chi connectivity index (χ1) is 7.29. The highest BCUT2D eigenvalue weighted by atomic mass is 16.5. The lowest BCUT2D eigenvalue weighted by atomic mass is 10.1. The summed E-state index contributed by atoms with van der Waals surface area (Å²) in [6.07, 6.45) is 2.27. The van der Waals surface area contributed by atoms with Crippen molar-refractivity contribution in [3.63, 3.8) is 0 Å². The molecule has 1 saturated carbocycles. The van der Waals surface area contributed by atoms with E-state index in [2.05, 4.69) is 6.07 Å². The standard InChI is InChI=1S/C12H14N2O/c13-7-10-3-1-2-4-11(10)15-9-12(8-14)5-6-12/h1-4H,5-6,8-9,14H2. The Bertz CT molecular complexity index is 391. The van der Waals surface area contributed by atoms with Crippen LogP contribution in [0.4, 0.5) is 0 Å². The highest BCUT2D eigenvalue weighted by Gasteiger charge is 2.42. The minimum absolute atomic E-state index is 0.183. The number of rotatable bonds is 4. The molecular formula is C12H14N2O. The van der Waals surface area contributed by atoms with Gasteiger partial charge in [0.1, 0.15) is 11.8 Å². The zero-order valence-corrected chi connectivity index (χ0v) is 8.57. The van der Waals surface area contributed by atoms with Crippen molar-refractivity contribution < 1.29 is 4.74 Å². The van der Waals surface area contributed by atoms with Gasteiger partial charge in [-0.15, -0.1) is 0 Å². The smallest absolute Gasteiger partial charge is 0.137 e. The molecule has 0 bridgehead atoms. The van der Waals surface area contributed by atoms with E-state index in [0.717, 1.165) is 12.8 Å². The molecule has 0 amide bonds. The fraction of sp³-hybridized carbons (Fsp3) is 0.417. The van der Waals surface area contributed by atoms with Gasteiger partial charge in [0.25, 0.3) is 0 Å². The second-order valence-corrected chi connectivity index (χ2v) is 4.10. The van der Waals surface area contributed by atoms with Gasteiger partial charge in [0.05, 0.1) is 12.2 Å². The molecule has 0 heterocycles. The van der Waals surface area contributed by atoms with Crippen molar-refractivity contribution in [2.75, 3.05) is 13.2 Å². The third-order valence-electron chi connectivity index (χ3n) is 2.93. The molecule has 0 radical (unpaired) electrons. The summed E-state index contributed by atoms with van der Waals surface area (Å²) in [5, 5.41) is 8.87. The first-order valence-electron chi connectivity index (χ1n) is 5.12. The Morgan fingerprint density at radius 3 is 2.73 bits per heavy atom. The maximum Gasteiger partial charge on any atom is 0.137 e. The van der Waals surface area contributed by atoms with Crippen molar-refractivity contribution in [2.24, 2.45) is 11.1 Å². The van der Waals surface area contributed by atoms with Crippen LogP contribution >= 0.6 is 0 Å². The fourth-order valence-corrected chi connectivity index (χ4v) is 1.50. The highest BCUT2D eigenvalue weighted by Crippen LogP contribution is 2.44. The van der Waals surface area contributed by atoms with Gasteiger partial charge in [0, 0.05) is 12.0 Å². The van der Waals surface area contributed by atoms with Crippen LogP contribution in [-0.4, -0.2) is 13.2 Å². The molecule has 2 N–H and O–H groups in total. The van der Waals surface area contributed by atoms with Gasteiger partial charge in [0.15, 0.2) is 0 Å². The zero-order chi connectivity index (χ0) is 10.7. The molecule has 0 unspecified atom stereocenters. The van der Waals surface area contributed by atoms with E-state index in [9.17, 15) is 0 Å². The molecule has 3 heteroatoms. The molecule has 0 aliphatic heterocycles. The summed E-state index contributed by atoms with van der Waals surface area (Å²) in [5.41, 5.74) is 6.43. The van der Waals surface area contributed by atoms with E-state index in [1.807, 2.05) is 18.2 Å². The molecule has 1 aliphatic rings. The zero-order valence-electron chi connectivity index (χ0n) is 8.57. The number of para-hydroxylation sites is 1. The van der Waals surface area contributed by atoms with Crippen LogP contribution in [0.3, 0.4) is 0 Å². The number of benzene rings is 1. The van der Waals surface area contributed by atoms with Crippen LogP contribution < -0.4 is 10.5 Å². The quantitative estimate of drug-likeness (QED) is 0.808. The molecule has 1 aromatic carbocycles. The van der Waals surface area contributed by atoms with Gasteiger partial charge in [-0.3, -0.25) is 0 Å². The molecule has 1 aliphatic carbocycles. The van der Waals surface area contributed by atoms with Gasteiger partial charge in [0.2, 0.25) is 0 Å². The van der Waals surface area contributed by atoms with Gasteiger partial charge >= 0.3 is 0 Å². The third-order valence-corrected chi connectivity index (χ3v) is 2.93. The summed E-state index contributed by atoms with van der Waals surface area (Å²) in [4.78, 5) is 0. The van der Waals surface area contributed by atoms with Gasteiger partial charge < -0.3 is 10.5 Å². The topological polar surface area (TPSA) is 59.0 Å². The van der Waals surface area contributed by atoms with E-state index in [1.54, 1.807) is 6.07 Å².